The van der Waals surface area contributed by atoms with Crippen molar-refractivity contribution in [2.24, 2.45) is 5.73 Å². The SMILES string of the molecule is COC(=O)c1nccnc1C1=C(Cl)C(N)CC1. The van der Waals surface area contributed by atoms with E-state index in [2.05, 4.69) is 14.7 Å². The van der Waals surface area contributed by atoms with Crippen molar-refractivity contribution >= 4 is 23.1 Å². The summed E-state index contributed by atoms with van der Waals surface area (Å²) in [6.07, 6.45) is 4.41. The van der Waals surface area contributed by atoms with Gasteiger partial charge in [0, 0.05) is 23.5 Å². The molecule has 1 heterocycles. The summed E-state index contributed by atoms with van der Waals surface area (Å²) >= 11 is 6.12. The Morgan fingerprint density at radius 3 is 2.82 bits per heavy atom. The number of nitrogens with zero attached hydrogens (tertiary/aromatic N) is 2. The van der Waals surface area contributed by atoms with Crippen LogP contribution < -0.4 is 5.73 Å². The van der Waals surface area contributed by atoms with Crippen LogP contribution in [0.2, 0.25) is 0 Å². The standard InChI is InChI=1S/C11H12ClN3O2/c1-17-11(16)10-9(14-4-5-15-10)6-2-3-7(13)8(6)12/h4-5,7H,2-3,13H2,1H3. The number of methoxy groups -OCH3 is 1. The molecule has 1 aromatic heterocycles. The molecule has 1 aromatic rings. The van der Waals surface area contributed by atoms with Gasteiger partial charge < -0.3 is 10.5 Å². The second-order valence-electron chi connectivity index (χ2n) is 3.72. The maximum Gasteiger partial charge on any atom is 0.358 e. The van der Waals surface area contributed by atoms with Gasteiger partial charge in [0.15, 0.2) is 5.69 Å². The van der Waals surface area contributed by atoms with Crippen molar-refractivity contribution in [1.29, 1.82) is 0 Å². The third-order valence-electron chi connectivity index (χ3n) is 2.68. The van der Waals surface area contributed by atoms with Crippen molar-refractivity contribution in [3.05, 3.63) is 28.8 Å². The zero-order valence-corrected chi connectivity index (χ0v) is 10.1. The lowest BCUT2D eigenvalue weighted by Crippen LogP contribution is -2.16. The summed E-state index contributed by atoms with van der Waals surface area (Å²) in [6, 6.07) is -0.181. The average molecular weight is 254 g/mol. The Morgan fingerprint density at radius 1 is 1.53 bits per heavy atom. The number of carbonyl (C=O) groups excluding carboxylic acids is 1. The Hall–Kier alpha value is -1.46. The van der Waals surface area contributed by atoms with E-state index < -0.39 is 5.97 Å². The third-order valence-corrected chi connectivity index (χ3v) is 3.19. The number of aromatic nitrogens is 2. The molecule has 1 aliphatic rings. The number of esters is 1. The molecule has 0 amide bonds. The van der Waals surface area contributed by atoms with Crippen LogP contribution in [0.1, 0.15) is 29.0 Å². The van der Waals surface area contributed by atoms with Gasteiger partial charge in [-0.25, -0.2) is 9.78 Å². The number of rotatable bonds is 2. The highest BCUT2D eigenvalue weighted by Crippen LogP contribution is 2.35. The summed E-state index contributed by atoms with van der Waals surface area (Å²) in [5.41, 5.74) is 7.24. The fourth-order valence-electron chi connectivity index (χ4n) is 1.81. The van der Waals surface area contributed by atoms with Crippen molar-refractivity contribution in [2.75, 3.05) is 7.11 Å². The molecule has 0 aromatic carbocycles. The second kappa shape index (κ2) is 4.81. The van der Waals surface area contributed by atoms with Gasteiger partial charge in [-0.1, -0.05) is 11.6 Å². The van der Waals surface area contributed by atoms with Gasteiger partial charge in [-0.3, -0.25) is 4.98 Å². The number of hydrogen-bond acceptors (Lipinski definition) is 5. The highest BCUT2D eigenvalue weighted by molar-refractivity contribution is 6.33. The molecule has 0 spiro atoms. The van der Waals surface area contributed by atoms with Crippen molar-refractivity contribution in [1.82, 2.24) is 9.97 Å². The maximum absolute atomic E-state index is 11.6. The number of nitrogens with two attached hydrogens (primary N) is 1. The molecular formula is C11H12ClN3O2. The number of carbonyl (C=O) groups is 1. The lowest BCUT2D eigenvalue weighted by Gasteiger charge is -2.07. The van der Waals surface area contributed by atoms with E-state index >= 15 is 0 Å². The first-order valence-electron chi connectivity index (χ1n) is 5.19. The van der Waals surface area contributed by atoms with Crippen LogP contribution in [0, 0.1) is 0 Å². The quantitative estimate of drug-likeness (QED) is 0.805. The lowest BCUT2D eigenvalue weighted by molar-refractivity contribution is 0.0593. The van der Waals surface area contributed by atoms with Gasteiger partial charge in [-0.2, -0.15) is 0 Å². The van der Waals surface area contributed by atoms with Crippen LogP contribution in [0.5, 0.6) is 0 Å². The fraction of sp³-hybridized carbons (Fsp3) is 0.364. The molecule has 0 bridgehead atoms. The molecule has 1 aliphatic carbocycles. The zero-order chi connectivity index (χ0) is 12.4. The number of halogens is 1. The Bertz CT molecular complexity index is 487. The molecule has 1 atom stereocenters. The summed E-state index contributed by atoms with van der Waals surface area (Å²) in [5, 5.41) is 0.552. The van der Waals surface area contributed by atoms with Crippen LogP contribution in [0.4, 0.5) is 0 Å². The molecule has 5 nitrogen and oxygen atoms in total. The largest absolute Gasteiger partial charge is 0.464 e. The topological polar surface area (TPSA) is 78.1 Å². The highest BCUT2D eigenvalue weighted by atomic mass is 35.5. The first-order chi connectivity index (χ1) is 8.15. The summed E-state index contributed by atoms with van der Waals surface area (Å²) in [6.45, 7) is 0. The van der Waals surface area contributed by atoms with Crippen molar-refractivity contribution in [3.63, 3.8) is 0 Å². The van der Waals surface area contributed by atoms with Crippen LogP contribution in [-0.2, 0) is 4.74 Å². The van der Waals surface area contributed by atoms with Crippen LogP contribution in [-0.4, -0.2) is 29.1 Å². The van der Waals surface area contributed by atoms with Crippen molar-refractivity contribution in [2.45, 2.75) is 18.9 Å². The van der Waals surface area contributed by atoms with Gasteiger partial charge in [-0.05, 0) is 18.4 Å². The van der Waals surface area contributed by atoms with Crippen LogP contribution in [0.3, 0.4) is 0 Å². The first kappa shape index (κ1) is 12.0. The minimum Gasteiger partial charge on any atom is -0.464 e. The molecule has 0 saturated carbocycles. The molecule has 0 saturated heterocycles. The molecule has 1 unspecified atom stereocenters. The maximum atomic E-state index is 11.6. The molecule has 17 heavy (non-hydrogen) atoms. The molecule has 0 radical (unpaired) electrons. The minimum absolute atomic E-state index is 0.178. The molecule has 6 heteroatoms. The third kappa shape index (κ3) is 2.16. The summed E-state index contributed by atoms with van der Waals surface area (Å²) in [4.78, 5) is 19.7. The highest BCUT2D eigenvalue weighted by Gasteiger charge is 2.27. The van der Waals surface area contributed by atoms with Crippen LogP contribution in [0.25, 0.3) is 5.57 Å². The van der Waals surface area contributed by atoms with E-state index in [1.807, 2.05) is 0 Å². The summed E-state index contributed by atoms with van der Waals surface area (Å²) < 4.78 is 4.66. The van der Waals surface area contributed by atoms with E-state index in [0.717, 1.165) is 12.0 Å². The molecule has 0 aliphatic heterocycles. The van der Waals surface area contributed by atoms with Gasteiger partial charge >= 0.3 is 5.97 Å². The predicted octanol–water partition coefficient (Wildman–Crippen LogP) is 1.33. The van der Waals surface area contributed by atoms with E-state index in [4.69, 9.17) is 17.3 Å². The normalized spacial score (nSPS) is 19.6. The Kier molecular flexibility index (Phi) is 3.40. The molecule has 2 rings (SSSR count). The summed E-state index contributed by atoms with van der Waals surface area (Å²) in [7, 11) is 1.30. The van der Waals surface area contributed by atoms with Crippen LogP contribution in [0.15, 0.2) is 17.4 Å². The van der Waals surface area contributed by atoms with Gasteiger partial charge in [-0.15, -0.1) is 0 Å². The fourth-order valence-corrected chi connectivity index (χ4v) is 2.10. The van der Waals surface area contributed by atoms with E-state index in [1.54, 1.807) is 0 Å². The predicted molar refractivity (Wildman–Crippen MR) is 63.4 cm³/mol. The monoisotopic (exact) mass is 253 g/mol. The van der Waals surface area contributed by atoms with E-state index in [0.29, 0.717) is 17.1 Å². The molecule has 0 fully saturated rings. The van der Waals surface area contributed by atoms with E-state index in [9.17, 15) is 4.79 Å². The van der Waals surface area contributed by atoms with E-state index in [1.165, 1.54) is 19.5 Å². The van der Waals surface area contributed by atoms with Crippen molar-refractivity contribution in [3.8, 4) is 0 Å². The Labute approximate surface area is 104 Å². The van der Waals surface area contributed by atoms with Gasteiger partial charge in [0.25, 0.3) is 0 Å². The van der Waals surface area contributed by atoms with E-state index in [-0.39, 0.29) is 11.7 Å². The second-order valence-corrected chi connectivity index (χ2v) is 4.12. The molecule has 90 valence electrons. The average Bonchev–Trinajstić information content (AvgIpc) is 2.69. The lowest BCUT2D eigenvalue weighted by atomic mass is 10.1. The van der Waals surface area contributed by atoms with Crippen LogP contribution >= 0.6 is 11.6 Å². The van der Waals surface area contributed by atoms with Gasteiger partial charge in [0.1, 0.15) is 5.69 Å². The summed E-state index contributed by atoms with van der Waals surface area (Å²) in [5.74, 6) is -0.523. The first-order valence-corrected chi connectivity index (χ1v) is 5.56. The van der Waals surface area contributed by atoms with Gasteiger partial charge in [0.05, 0.1) is 7.11 Å². The molecule has 2 N–H and O–H groups in total. The van der Waals surface area contributed by atoms with Crippen molar-refractivity contribution < 1.29 is 9.53 Å². The smallest absolute Gasteiger partial charge is 0.358 e. The zero-order valence-electron chi connectivity index (χ0n) is 9.31. The number of ether oxygens (including phenoxy) is 1. The number of allylic oxidation sites excluding steroid dienone is 1. The van der Waals surface area contributed by atoms with Gasteiger partial charge in [0.2, 0.25) is 0 Å². The Balaban J connectivity index is 2.50. The Morgan fingerprint density at radius 2 is 2.24 bits per heavy atom. The minimum atomic E-state index is -0.523. The molecular weight excluding hydrogens is 242 g/mol. The number of hydrogen-bond donors (Lipinski definition) is 1.